The van der Waals surface area contributed by atoms with Crippen LogP contribution in [-0.2, 0) is 14.8 Å². The third-order valence-corrected chi connectivity index (χ3v) is 3.38. The Kier molecular flexibility index (Phi) is 4.73. The molecule has 7 nitrogen and oxygen atoms in total. The molecule has 8 heteroatoms. The average Bonchev–Trinajstić information content (AvgIpc) is 2.30. The van der Waals surface area contributed by atoms with Crippen LogP contribution in [0.4, 0.5) is 11.4 Å². The maximum Gasteiger partial charge on any atom is 0.242 e. The standard InChI is InChI=1S/C11H18N4O3S/c1-3-14-11(16)7(2)15-10-6-8(19(13,17)18)4-5-9(10)12/h4-7,15H,3,12H2,1-2H3,(H,14,16)(H2,13,17,18). The predicted octanol–water partition coefficient (Wildman–Crippen LogP) is -0.147. The van der Waals surface area contributed by atoms with Gasteiger partial charge in [0.1, 0.15) is 6.04 Å². The Hall–Kier alpha value is -1.80. The van der Waals surface area contributed by atoms with Gasteiger partial charge in [0.2, 0.25) is 15.9 Å². The molecule has 0 saturated heterocycles. The van der Waals surface area contributed by atoms with Crippen molar-refractivity contribution in [1.82, 2.24) is 5.32 Å². The van der Waals surface area contributed by atoms with E-state index in [4.69, 9.17) is 10.9 Å². The lowest BCUT2D eigenvalue weighted by molar-refractivity contribution is -0.121. The largest absolute Gasteiger partial charge is 0.397 e. The van der Waals surface area contributed by atoms with E-state index in [2.05, 4.69) is 10.6 Å². The fourth-order valence-corrected chi connectivity index (χ4v) is 2.00. The molecule has 1 aromatic rings. The highest BCUT2D eigenvalue weighted by Gasteiger charge is 2.15. The van der Waals surface area contributed by atoms with Crippen LogP contribution in [0.5, 0.6) is 0 Å². The molecule has 0 heterocycles. The summed E-state index contributed by atoms with van der Waals surface area (Å²) in [6.45, 7) is 3.96. The van der Waals surface area contributed by atoms with Gasteiger partial charge < -0.3 is 16.4 Å². The third-order valence-electron chi connectivity index (χ3n) is 2.47. The van der Waals surface area contributed by atoms with Crippen molar-refractivity contribution >= 4 is 27.3 Å². The molecule has 0 radical (unpaired) electrons. The van der Waals surface area contributed by atoms with Gasteiger partial charge in [-0.25, -0.2) is 13.6 Å². The Labute approximate surface area is 112 Å². The van der Waals surface area contributed by atoms with E-state index >= 15 is 0 Å². The topological polar surface area (TPSA) is 127 Å². The van der Waals surface area contributed by atoms with Gasteiger partial charge >= 0.3 is 0 Å². The predicted molar refractivity (Wildman–Crippen MR) is 74.0 cm³/mol. The number of benzene rings is 1. The Balaban J connectivity index is 2.98. The Morgan fingerprint density at radius 1 is 1.42 bits per heavy atom. The highest BCUT2D eigenvalue weighted by Crippen LogP contribution is 2.22. The minimum absolute atomic E-state index is 0.0627. The lowest BCUT2D eigenvalue weighted by Gasteiger charge is -2.16. The third kappa shape index (κ3) is 4.11. The average molecular weight is 286 g/mol. The summed E-state index contributed by atoms with van der Waals surface area (Å²) in [7, 11) is -3.80. The fraction of sp³-hybridized carbons (Fsp3) is 0.364. The summed E-state index contributed by atoms with van der Waals surface area (Å²) in [4.78, 5) is 11.5. The molecule has 0 saturated carbocycles. The van der Waals surface area contributed by atoms with Gasteiger partial charge in [-0.05, 0) is 32.0 Å². The summed E-state index contributed by atoms with van der Waals surface area (Å²) in [6, 6.07) is 3.50. The first-order valence-electron chi connectivity index (χ1n) is 5.72. The van der Waals surface area contributed by atoms with Gasteiger partial charge in [0.25, 0.3) is 0 Å². The Morgan fingerprint density at radius 3 is 2.58 bits per heavy atom. The van der Waals surface area contributed by atoms with E-state index in [1.54, 1.807) is 13.8 Å². The SMILES string of the molecule is CCNC(=O)C(C)Nc1cc(S(N)(=O)=O)ccc1N. The molecule has 0 spiro atoms. The van der Waals surface area contributed by atoms with Gasteiger partial charge in [0.15, 0.2) is 0 Å². The number of likely N-dealkylation sites (N-methyl/N-ethyl adjacent to an activating group) is 1. The van der Waals surface area contributed by atoms with Gasteiger partial charge in [-0.15, -0.1) is 0 Å². The lowest BCUT2D eigenvalue weighted by atomic mass is 10.2. The molecule has 1 atom stereocenters. The maximum absolute atomic E-state index is 11.6. The van der Waals surface area contributed by atoms with Crippen LogP contribution in [0.25, 0.3) is 0 Å². The Bertz CT molecular complexity index is 571. The van der Waals surface area contributed by atoms with Crippen LogP contribution in [0.1, 0.15) is 13.8 Å². The van der Waals surface area contributed by atoms with Gasteiger partial charge in [-0.2, -0.15) is 0 Å². The van der Waals surface area contributed by atoms with Crippen molar-refractivity contribution < 1.29 is 13.2 Å². The van der Waals surface area contributed by atoms with Crippen molar-refractivity contribution in [3.8, 4) is 0 Å². The van der Waals surface area contributed by atoms with Gasteiger partial charge in [-0.3, -0.25) is 4.79 Å². The van der Waals surface area contributed by atoms with Crippen molar-refractivity contribution in [2.75, 3.05) is 17.6 Å². The normalized spacial score (nSPS) is 12.8. The van der Waals surface area contributed by atoms with Crippen molar-refractivity contribution in [2.24, 2.45) is 5.14 Å². The molecule has 0 aliphatic carbocycles. The molecule has 1 rings (SSSR count). The number of hydrogen-bond donors (Lipinski definition) is 4. The zero-order valence-corrected chi connectivity index (χ0v) is 11.6. The smallest absolute Gasteiger partial charge is 0.242 e. The van der Waals surface area contributed by atoms with E-state index in [9.17, 15) is 13.2 Å². The second-order valence-corrected chi connectivity index (χ2v) is 5.62. The van der Waals surface area contributed by atoms with E-state index in [1.165, 1.54) is 18.2 Å². The molecule has 0 bridgehead atoms. The van der Waals surface area contributed by atoms with Crippen LogP contribution >= 0.6 is 0 Å². The summed E-state index contributed by atoms with van der Waals surface area (Å²) in [5.74, 6) is -0.206. The number of carbonyl (C=O) groups excluding carboxylic acids is 1. The lowest BCUT2D eigenvalue weighted by Crippen LogP contribution is -2.37. The number of anilines is 2. The van der Waals surface area contributed by atoms with Crippen molar-refractivity contribution in [1.29, 1.82) is 0 Å². The fourth-order valence-electron chi connectivity index (χ4n) is 1.46. The van der Waals surface area contributed by atoms with Crippen LogP contribution in [0, 0.1) is 0 Å². The first-order valence-corrected chi connectivity index (χ1v) is 7.27. The molecular weight excluding hydrogens is 268 g/mol. The number of rotatable bonds is 5. The van der Waals surface area contributed by atoms with E-state index in [0.717, 1.165) is 0 Å². The number of sulfonamides is 1. The number of nitrogens with one attached hydrogen (secondary N) is 2. The number of primary sulfonamides is 1. The van der Waals surface area contributed by atoms with E-state index in [0.29, 0.717) is 17.9 Å². The van der Waals surface area contributed by atoms with E-state index in [-0.39, 0.29) is 10.8 Å². The zero-order chi connectivity index (χ0) is 14.6. The van der Waals surface area contributed by atoms with Crippen LogP contribution < -0.4 is 21.5 Å². The summed E-state index contributed by atoms with van der Waals surface area (Å²) in [5, 5.41) is 10.5. The van der Waals surface area contributed by atoms with Gasteiger partial charge in [0, 0.05) is 6.54 Å². The molecule has 1 amide bonds. The first kappa shape index (κ1) is 15.3. The molecule has 0 fully saturated rings. The van der Waals surface area contributed by atoms with Crippen LogP contribution in [0.15, 0.2) is 23.1 Å². The molecule has 19 heavy (non-hydrogen) atoms. The van der Waals surface area contributed by atoms with Crippen molar-refractivity contribution in [3.63, 3.8) is 0 Å². The van der Waals surface area contributed by atoms with E-state index in [1.807, 2.05) is 0 Å². The van der Waals surface area contributed by atoms with Gasteiger partial charge in [-0.1, -0.05) is 0 Å². The molecule has 1 unspecified atom stereocenters. The second-order valence-electron chi connectivity index (χ2n) is 4.05. The summed E-state index contributed by atoms with van der Waals surface area (Å²) in [5.41, 5.74) is 6.41. The quantitative estimate of drug-likeness (QED) is 0.560. The van der Waals surface area contributed by atoms with Crippen molar-refractivity contribution in [2.45, 2.75) is 24.8 Å². The molecule has 1 aromatic carbocycles. The highest BCUT2D eigenvalue weighted by molar-refractivity contribution is 7.89. The molecule has 106 valence electrons. The van der Waals surface area contributed by atoms with Crippen LogP contribution in [-0.4, -0.2) is 26.9 Å². The number of nitrogens with two attached hydrogens (primary N) is 2. The molecular formula is C11H18N4O3S. The highest BCUT2D eigenvalue weighted by atomic mass is 32.2. The van der Waals surface area contributed by atoms with E-state index < -0.39 is 16.1 Å². The zero-order valence-electron chi connectivity index (χ0n) is 10.8. The number of nitrogen functional groups attached to an aromatic ring is 1. The number of amides is 1. The summed E-state index contributed by atoms with van der Waals surface area (Å²) >= 11 is 0. The second kappa shape index (κ2) is 5.89. The maximum atomic E-state index is 11.6. The number of carbonyl (C=O) groups is 1. The van der Waals surface area contributed by atoms with Crippen molar-refractivity contribution in [3.05, 3.63) is 18.2 Å². The first-order chi connectivity index (χ1) is 8.75. The Morgan fingerprint density at radius 2 is 2.05 bits per heavy atom. The minimum Gasteiger partial charge on any atom is -0.397 e. The molecule has 0 aliphatic rings. The van der Waals surface area contributed by atoms with Gasteiger partial charge in [0.05, 0.1) is 16.3 Å². The summed E-state index contributed by atoms with van der Waals surface area (Å²) < 4.78 is 22.5. The summed E-state index contributed by atoms with van der Waals surface area (Å²) in [6.07, 6.45) is 0. The van der Waals surface area contributed by atoms with Crippen LogP contribution in [0.2, 0.25) is 0 Å². The molecule has 6 N–H and O–H groups in total. The minimum atomic E-state index is -3.80. The monoisotopic (exact) mass is 286 g/mol. The molecule has 0 aromatic heterocycles. The van der Waals surface area contributed by atoms with Crippen LogP contribution in [0.3, 0.4) is 0 Å². The molecule has 0 aliphatic heterocycles. The number of hydrogen-bond acceptors (Lipinski definition) is 5.